The molecule has 0 unspecified atom stereocenters. The van der Waals surface area contributed by atoms with Gasteiger partial charge in [0.15, 0.2) is 9.84 Å². The molecule has 1 aromatic heterocycles. The predicted octanol–water partition coefficient (Wildman–Crippen LogP) is 0.413. The number of nitrogens with zero attached hydrogens (tertiary/aromatic N) is 3. The Kier molecular flexibility index (Phi) is 5.21. The molecule has 0 spiro atoms. The minimum Gasteiger partial charge on any atom is -0.292 e. The van der Waals surface area contributed by atoms with Crippen molar-refractivity contribution in [2.75, 3.05) is 31.6 Å². The van der Waals surface area contributed by atoms with Crippen LogP contribution in [0.25, 0.3) is 0 Å². The van der Waals surface area contributed by atoms with Gasteiger partial charge in [-0.3, -0.25) is 9.88 Å². The largest absolute Gasteiger partial charge is 0.292 e. The smallest absolute Gasteiger partial charge is 0.211 e. The monoisotopic (exact) mass is 387 g/mol. The van der Waals surface area contributed by atoms with Crippen LogP contribution in [0.5, 0.6) is 0 Å². The molecule has 0 saturated carbocycles. The maximum Gasteiger partial charge on any atom is 0.211 e. The topological polar surface area (TPSA) is 87.7 Å². The Morgan fingerprint density at radius 2 is 1.92 bits per heavy atom. The van der Waals surface area contributed by atoms with Crippen LogP contribution in [0.1, 0.15) is 24.2 Å². The minimum atomic E-state index is -3.30. The summed E-state index contributed by atoms with van der Waals surface area (Å²) in [6.07, 6.45) is 2.07. The number of sulfonamides is 1. The van der Waals surface area contributed by atoms with E-state index in [-0.39, 0.29) is 18.3 Å². The van der Waals surface area contributed by atoms with Crippen LogP contribution in [0, 0.1) is 6.92 Å². The van der Waals surface area contributed by atoms with E-state index in [2.05, 4.69) is 9.88 Å². The average Bonchev–Trinajstić information content (AvgIpc) is 2.74. The molecule has 2 aliphatic rings. The molecule has 3 rings (SSSR count). The zero-order chi connectivity index (χ0) is 18.2. The van der Waals surface area contributed by atoms with Gasteiger partial charge in [0.2, 0.25) is 10.0 Å². The Labute approximate surface area is 150 Å². The Bertz CT molecular complexity index is 839. The first-order valence-electron chi connectivity index (χ1n) is 8.50. The van der Waals surface area contributed by atoms with Crippen LogP contribution in [0.4, 0.5) is 0 Å². The molecule has 3 heterocycles. The molecule has 0 bridgehead atoms. The highest BCUT2D eigenvalue weighted by molar-refractivity contribution is 7.92. The van der Waals surface area contributed by atoms with E-state index in [4.69, 9.17) is 0 Å². The summed E-state index contributed by atoms with van der Waals surface area (Å²) in [4.78, 5) is 6.69. The summed E-state index contributed by atoms with van der Waals surface area (Å²) < 4.78 is 50.3. The fourth-order valence-corrected chi connectivity index (χ4v) is 6.78. The van der Waals surface area contributed by atoms with Crippen molar-refractivity contribution in [3.8, 4) is 0 Å². The average molecular weight is 388 g/mol. The van der Waals surface area contributed by atoms with E-state index in [1.165, 1.54) is 10.6 Å². The Balaban J connectivity index is 1.84. The quantitative estimate of drug-likeness (QED) is 0.747. The summed E-state index contributed by atoms with van der Waals surface area (Å²) in [5, 5.41) is -0.502. The van der Waals surface area contributed by atoms with Crippen LogP contribution in [0.2, 0.25) is 0 Å². The normalized spacial score (nSPS) is 28.2. The van der Waals surface area contributed by atoms with Crippen molar-refractivity contribution >= 4 is 19.9 Å². The SMILES string of the molecule is Cc1cccc(CN2CCS(=O)(=O)[C@@H]3CCN(S(C)(=O)=O)CC[C@@H]32)n1. The van der Waals surface area contributed by atoms with Crippen molar-refractivity contribution in [3.63, 3.8) is 0 Å². The highest BCUT2D eigenvalue weighted by Crippen LogP contribution is 2.29. The van der Waals surface area contributed by atoms with Crippen LogP contribution in [-0.2, 0) is 26.4 Å². The Morgan fingerprint density at radius 1 is 1.20 bits per heavy atom. The molecule has 140 valence electrons. The van der Waals surface area contributed by atoms with E-state index in [1.54, 1.807) is 0 Å². The van der Waals surface area contributed by atoms with Crippen LogP contribution in [0.3, 0.4) is 0 Å². The van der Waals surface area contributed by atoms with Crippen LogP contribution < -0.4 is 0 Å². The number of rotatable bonds is 3. The summed E-state index contributed by atoms with van der Waals surface area (Å²) in [7, 11) is -6.50. The van der Waals surface area contributed by atoms with Gasteiger partial charge in [-0.15, -0.1) is 0 Å². The molecule has 9 heteroatoms. The fraction of sp³-hybridized carbons (Fsp3) is 0.688. The van der Waals surface area contributed by atoms with Gasteiger partial charge < -0.3 is 0 Å². The van der Waals surface area contributed by atoms with E-state index in [9.17, 15) is 16.8 Å². The zero-order valence-electron chi connectivity index (χ0n) is 14.6. The number of fused-ring (bicyclic) bond motifs is 1. The molecule has 25 heavy (non-hydrogen) atoms. The van der Waals surface area contributed by atoms with E-state index in [0.29, 0.717) is 32.5 Å². The molecule has 0 aromatic carbocycles. The van der Waals surface area contributed by atoms with Crippen molar-refractivity contribution < 1.29 is 16.8 Å². The second-order valence-electron chi connectivity index (χ2n) is 6.95. The van der Waals surface area contributed by atoms with Crippen LogP contribution >= 0.6 is 0 Å². The lowest BCUT2D eigenvalue weighted by Crippen LogP contribution is -2.54. The summed E-state index contributed by atoms with van der Waals surface area (Å²) in [5.74, 6) is 0.124. The second-order valence-corrected chi connectivity index (χ2v) is 11.3. The summed E-state index contributed by atoms with van der Waals surface area (Å²) in [6, 6.07) is 5.68. The molecule has 2 fully saturated rings. The van der Waals surface area contributed by atoms with Gasteiger partial charge in [0, 0.05) is 37.9 Å². The van der Waals surface area contributed by atoms with Gasteiger partial charge in [-0.1, -0.05) is 6.07 Å². The van der Waals surface area contributed by atoms with Crippen molar-refractivity contribution in [2.24, 2.45) is 0 Å². The molecule has 2 aliphatic heterocycles. The number of pyridine rings is 1. The molecular formula is C16H25N3O4S2. The predicted molar refractivity (Wildman–Crippen MR) is 96.4 cm³/mol. The number of aromatic nitrogens is 1. The van der Waals surface area contributed by atoms with Crippen LogP contribution in [0.15, 0.2) is 18.2 Å². The lowest BCUT2D eigenvalue weighted by Gasteiger charge is -2.39. The summed E-state index contributed by atoms with van der Waals surface area (Å²) in [6.45, 7) is 3.64. The van der Waals surface area contributed by atoms with Crippen molar-refractivity contribution in [3.05, 3.63) is 29.6 Å². The maximum atomic E-state index is 12.6. The van der Waals surface area contributed by atoms with E-state index >= 15 is 0 Å². The van der Waals surface area contributed by atoms with Gasteiger partial charge in [-0.25, -0.2) is 21.1 Å². The fourth-order valence-electron chi connectivity index (χ4n) is 3.86. The van der Waals surface area contributed by atoms with Gasteiger partial charge in [0.1, 0.15) is 0 Å². The van der Waals surface area contributed by atoms with Gasteiger partial charge in [-0.2, -0.15) is 0 Å². The summed E-state index contributed by atoms with van der Waals surface area (Å²) >= 11 is 0. The van der Waals surface area contributed by atoms with Gasteiger partial charge >= 0.3 is 0 Å². The first kappa shape index (κ1) is 18.8. The molecule has 7 nitrogen and oxygen atoms in total. The molecule has 0 aliphatic carbocycles. The molecule has 1 aromatic rings. The van der Waals surface area contributed by atoms with E-state index in [0.717, 1.165) is 11.4 Å². The third kappa shape index (κ3) is 4.21. The first-order valence-corrected chi connectivity index (χ1v) is 12.1. The summed E-state index contributed by atoms with van der Waals surface area (Å²) in [5.41, 5.74) is 1.85. The second kappa shape index (κ2) is 6.94. The number of hydrogen-bond acceptors (Lipinski definition) is 6. The van der Waals surface area contributed by atoms with Crippen molar-refractivity contribution in [1.82, 2.24) is 14.2 Å². The Morgan fingerprint density at radius 3 is 2.60 bits per heavy atom. The third-order valence-electron chi connectivity index (χ3n) is 5.14. The lowest BCUT2D eigenvalue weighted by molar-refractivity contribution is 0.171. The molecule has 0 amide bonds. The van der Waals surface area contributed by atoms with E-state index < -0.39 is 25.1 Å². The lowest BCUT2D eigenvalue weighted by atomic mass is 10.1. The highest BCUT2D eigenvalue weighted by atomic mass is 32.2. The standard InChI is InChI=1S/C16H25N3O4S2/c1-13-4-3-5-14(17-13)12-18-10-11-25(22,23)16-7-9-19(24(2,20)21)8-6-15(16)18/h3-5,15-16H,6-12H2,1-2H3/t15-,16+/m0/s1. The molecule has 2 saturated heterocycles. The number of hydrogen-bond donors (Lipinski definition) is 0. The third-order valence-corrected chi connectivity index (χ3v) is 8.67. The van der Waals surface area contributed by atoms with Gasteiger partial charge in [-0.05, 0) is 31.9 Å². The molecule has 0 radical (unpaired) electrons. The van der Waals surface area contributed by atoms with Crippen molar-refractivity contribution in [1.29, 1.82) is 0 Å². The van der Waals surface area contributed by atoms with Crippen LogP contribution in [-0.4, -0.2) is 74.0 Å². The number of aryl methyl sites for hydroxylation is 1. The number of sulfone groups is 1. The molecule has 2 atom stereocenters. The zero-order valence-corrected chi connectivity index (χ0v) is 16.3. The first-order chi connectivity index (χ1) is 11.7. The van der Waals surface area contributed by atoms with Gasteiger partial charge in [0.05, 0.1) is 23.0 Å². The minimum absolute atomic E-state index is 0.124. The maximum absolute atomic E-state index is 12.6. The molecular weight excluding hydrogens is 362 g/mol. The van der Waals surface area contributed by atoms with Gasteiger partial charge in [0.25, 0.3) is 0 Å². The molecule has 0 N–H and O–H groups in total. The van der Waals surface area contributed by atoms with Crippen molar-refractivity contribution in [2.45, 2.75) is 37.6 Å². The van der Waals surface area contributed by atoms with E-state index in [1.807, 2.05) is 25.1 Å². The highest BCUT2D eigenvalue weighted by Gasteiger charge is 2.43. The Hall–Kier alpha value is -1.03.